The summed E-state index contributed by atoms with van der Waals surface area (Å²) >= 11 is 0. The smallest absolute Gasteiger partial charge is 0.0140 e. The van der Waals surface area contributed by atoms with Crippen molar-refractivity contribution >= 4 is 32.3 Å². The molecule has 0 N–H and O–H groups in total. The second-order valence-corrected chi connectivity index (χ2v) is 8.79. The zero-order valence-corrected chi connectivity index (χ0v) is 18.2. The van der Waals surface area contributed by atoms with Crippen molar-refractivity contribution in [1.29, 1.82) is 0 Å². The molecule has 144 valence electrons. The maximum Gasteiger partial charge on any atom is -0.0140 e. The van der Waals surface area contributed by atoms with Crippen LogP contribution in [-0.4, -0.2) is 0 Å². The Bertz CT molecular complexity index is 1080. The minimum Gasteiger partial charge on any atom is -0.0613 e. The van der Waals surface area contributed by atoms with Crippen molar-refractivity contribution in [2.24, 2.45) is 0 Å². The van der Waals surface area contributed by atoms with Gasteiger partial charge < -0.3 is 0 Å². The van der Waals surface area contributed by atoms with Gasteiger partial charge >= 0.3 is 0 Å². The highest BCUT2D eigenvalue weighted by Gasteiger charge is 2.13. The number of hydrogen-bond donors (Lipinski definition) is 0. The van der Waals surface area contributed by atoms with Crippen LogP contribution >= 0.6 is 0 Å². The van der Waals surface area contributed by atoms with Gasteiger partial charge in [-0.05, 0) is 104 Å². The van der Waals surface area contributed by atoms with E-state index in [1.54, 1.807) is 0 Å². The van der Waals surface area contributed by atoms with Gasteiger partial charge in [-0.3, -0.25) is 0 Å². The Morgan fingerprint density at radius 3 is 1.21 bits per heavy atom. The van der Waals surface area contributed by atoms with Crippen LogP contribution < -0.4 is 0 Å². The van der Waals surface area contributed by atoms with Gasteiger partial charge in [-0.15, -0.1) is 0 Å². The average Bonchev–Trinajstić information content (AvgIpc) is 2.68. The maximum absolute atomic E-state index is 2.44. The molecule has 0 heterocycles. The first-order chi connectivity index (χ1) is 13.4. The lowest BCUT2D eigenvalue weighted by molar-refractivity contribution is 0.875. The quantitative estimate of drug-likeness (QED) is 0.317. The van der Waals surface area contributed by atoms with Crippen LogP contribution in [-0.2, 0) is 12.8 Å². The molecular formula is C28H32. The van der Waals surface area contributed by atoms with Crippen LogP contribution in [0.15, 0.2) is 48.5 Å². The summed E-state index contributed by atoms with van der Waals surface area (Å²) in [5, 5.41) is 8.45. The van der Waals surface area contributed by atoms with Crippen LogP contribution in [0.5, 0.6) is 0 Å². The lowest BCUT2D eigenvalue weighted by Crippen LogP contribution is -1.95. The third-order valence-electron chi connectivity index (χ3n) is 6.36. The molecule has 0 fully saturated rings. The van der Waals surface area contributed by atoms with Crippen LogP contribution in [0, 0.1) is 0 Å². The highest BCUT2D eigenvalue weighted by molar-refractivity contribution is 6.07. The summed E-state index contributed by atoms with van der Waals surface area (Å²) in [6.07, 6.45) is 2.15. The van der Waals surface area contributed by atoms with Crippen molar-refractivity contribution in [3.05, 3.63) is 70.8 Å². The SMILES string of the molecule is CCc1ccc(C(C)C)c2cc3cc4c(CC)ccc(C(C)C)c4cc3cc12. The van der Waals surface area contributed by atoms with Gasteiger partial charge in [-0.1, -0.05) is 65.8 Å². The number of hydrogen-bond acceptors (Lipinski definition) is 0. The summed E-state index contributed by atoms with van der Waals surface area (Å²) in [5.74, 6) is 1.06. The Hall–Kier alpha value is -2.34. The average molecular weight is 369 g/mol. The molecule has 0 saturated heterocycles. The summed E-state index contributed by atoms with van der Waals surface area (Å²) in [4.78, 5) is 0. The molecule has 0 atom stereocenters. The molecule has 0 aliphatic carbocycles. The summed E-state index contributed by atoms with van der Waals surface area (Å²) in [6, 6.07) is 19.1. The predicted molar refractivity (Wildman–Crippen MR) is 126 cm³/mol. The van der Waals surface area contributed by atoms with Crippen molar-refractivity contribution in [3.8, 4) is 0 Å². The fourth-order valence-corrected chi connectivity index (χ4v) is 4.72. The van der Waals surface area contributed by atoms with Crippen molar-refractivity contribution in [1.82, 2.24) is 0 Å². The van der Waals surface area contributed by atoms with Gasteiger partial charge in [0.2, 0.25) is 0 Å². The summed E-state index contributed by atoms with van der Waals surface area (Å²) < 4.78 is 0. The van der Waals surface area contributed by atoms with Crippen LogP contribution in [0.1, 0.15) is 75.6 Å². The van der Waals surface area contributed by atoms with Crippen LogP contribution in [0.3, 0.4) is 0 Å². The molecule has 0 aromatic heterocycles. The van der Waals surface area contributed by atoms with E-state index in [4.69, 9.17) is 0 Å². The van der Waals surface area contributed by atoms with Gasteiger partial charge in [-0.25, -0.2) is 0 Å². The molecule has 0 saturated carbocycles. The second kappa shape index (κ2) is 7.24. The Kier molecular flexibility index (Phi) is 4.91. The maximum atomic E-state index is 2.44. The van der Waals surface area contributed by atoms with E-state index in [1.807, 2.05) is 0 Å². The van der Waals surface area contributed by atoms with E-state index in [1.165, 1.54) is 54.6 Å². The Morgan fingerprint density at radius 1 is 0.536 bits per heavy atom. The highest BCUT2D eigenvalue weighted by atomic mass is 14.2. The zero-order valence-electron chi connectivity index (χ0n) is 18.2. The predicted octanol–water partition coefficient (Wildman–Crippen LogP) is 8.52. The second-order valence-electron chi connectivity index (χ2n) is 8.79. The number of rotatable bonds is 4. The molecule has 4 aromatic carbocycles. The number of aryl methyl sites for hydroxylation is 2. The van der Waals surface area contributed by atoms with E-state index in [2.05, 4.69) is 90.1 Å². The van der Waals surface area contributed by atoms with Crippen molar-refractivity contribution in [3.63, 3.8) is 0 Å². The molecule has 0 aliphatic rings. The van der Waals surface area contributed by atoms with Crippen molar-refractivity contribution < 1.29 is 0 Å². The van der Waals surface area contributed by atoms with Gasteiger partial charge in [0.1, 0.15) is 0 Å². The van der Waals surface area contributed by atoms with Gasteiger partial charge in [-0.2, -0.15) is 0 Å². The minimum absolute atomic E-state index is 0.532. The van der Waals surface area contributed by atoms with Gasteiger partial charge in [0.15, 0.2) is 0 Å². The first-order valence-corrected chi connectivity index (χ1v) is 10.9. The first kappa shape index (κ1) is 19.0. The lowest BCUT2D eigenvalue weighted by atomic mass is 9.87. The Morgan fingerprint density at radius 2 is 0.893 bits per heavy atom. The fraction of sp³-hybridized carbons (Fsp3) is 0.357. The molecule has 0 amide bonds. The van der Waals surface area contributed by atoms with Gasteiger partial charge in [0.05, 0.1) is 0 Å². The van der Waals surface area contributed by atoms with Crippen molar-refractivity contribution in [2.75, 3.05) is 0 Å². The number of benzene rings is 4. The van der Waals surface area contributed by atoms with Crippen LogP contribution in [0.25, 0.3) is 32.3 Å². The normalized spacial score (nSPS) is 12.1. The molecular weight excluding hydrogens is 336 g/mol. The molecule has 0 nitrogen and oxygen atoms in total. The molecule has 4 aromatic rings. The van der Waals surface area contributed by atoms with Gasteiger partial charge in [0.25, 0.3) is 0 Å². The molecule has 0 spiro atoms. The monoisotopic (exact) mass is 368 g/mol. The number of fused-ring (bicyclic) bond motifs is 3. The molecule has 0 radical (unpaired) electrons. The molecule has 0 aliphatic heterocycles. The van der Waals surface area contributed by atoms with E-state index in [-0.39, 0.29) is 0 Å². The third-order valence-corrected chi connectivity index (χ3v) is 6.36. The van der Waals surface area contributed by atoms with Crippen molar-refractivity contribution in [2.45, 2.75) is 66.2 Å². The molecule has 28 heavy (non-hydrogen) atoms. The fourth-order valence-electron chi connectivity index (χ4n) is 4.72. The third kappa shape index (κ3) is 3.00. The highest BCUT2D eigenvalue weighted by Crippen LogP contribution is 2.36. The van der Waals surface area contributed by atoms with E-state index in [0.717, 1.165) is 12.8 Å². The Balaban J connectivity index is 2.15. The molecule has 0 heteroatoms. The standard InChI is InChI=1S/C28H32/c1-7-19-9-11-23(17(3)4)27-15-22-14-26-20(8-2)10-12-24(18(5)6)28(26)16-21(22)13-25(19)27/h9-18H,7-8H2,1-6H3. The van der Waals surface area contributed by atoms with Gasteiger partial charge in [0, 0.05) is 0 Å². The van der Waals surface area contributed by atoms with E-state index in [9.17, 15) is 0 Å². The summed E-state index contributed by atoms with van der Waals surface area (Å²) in [6.45, 7) is 13.7. The van der Waals surface area contributed by atoms with E-state index in [0.29, 0.717) is 11.8 Å². The molecule has 0 unspecified atom stereocenters. The Labute approximate surface area is 169 Å². The molecule has 4 rings (SSSR count). The zero-order chi connectivity index (χ0) is 20.0. The first-order valence-electron chi connectivity index (χ1n) is 10.9. The van der Waals surface area contributed by atoms with E-state index >= 15 is 0 Å². The van der Waals surface area contributed by atoms with Crippen LogP contribution in [0.2, 0.25) is 0 Å². The topological polar surface area (TPSA) is 0 Å². The summed E-state index contributed by atoms with van der Waals surface area (Å²) in [7, 11) is 0. The lowest BCUT2D eigenvalue weighted by Gasteiger charge is -2.17. The molecule has 0 bridgehead atoms. The summed E-state index contributed by atoms with van der Waals surface area (Å²) in [5.41, 5.74) is 5.82. The minimum atomic E-state index is 0.532. The largest absolute Gasteiger partial charge is 0.0613 e. The van der Waals surface area contributed by atoms with Crippen LogP contribution in [0.4, 0.5) is 0 Å². The van der Waals surface area contributed by atoms with E-state index < -0.39 is 0 Å².